The van der Waals surface area contributed by atoms with E-state index in [1.165, 1.54) is 67.2 Å². The lowest BCUT2D eigenvalue weighted by Gasteiger charge is -2.01. The van der Waals surface area contributed by atoms with Gasteiger partial charge in [0.2, 0.25) is 0 Å². The molecule has 0 radical (unpaired) electrons. The van der Waals surface area contributed by atoms with Gasteiger partial charge in [-0.2, -0.15) is 11.3 Å². The van der Waals surface area contributed by atoms with Crippen molar-refractivity contribution in [1.82, 2.24) is 0 Å². The van der Waals surface area contributed by atoms with Crippen molar-refractivity contribution in [2.24, 2.45) is 0 Å². The second-order valence-corrected chi connectivity index (χ2v) is 7.96. The maximum Gasteiger partial charge on any atom is -0.00611 e. The van der Waals surface area contributed by atoms with E-state index in [2.05, 4.69) is 74.9 Å². The Morgan fingerprint density at radius 1 is 0.800 bits per heavy atom. The molecule has 1 aromatic heterocycles. The second kappa shape index (κ2) is 13.9. The van der Waals surface area contributed by atoms with Gasteiger partial charge in [0.1, 0.15) is 0 Å². The molecule has 0 aliphatic rings. The van der Waals surface area contributed by atoms with E-state index in [0.717, 1.165) is 6.42 Å². The summed E-state index contributed by atoms with van der Waals surface area (Å²) in [5, 5.41) is 4.41. The lowest BCUT2D eigenvalue weighted by Crippen LogP contribution is -1.81. The number of thiophene rings is 1. The minimum atomic E-state index is 1.16. The van der Waals surface area contributed by atoms with Crippen LogP contribution in [0.5, 0.6) is 0 Å². The van der Waals surface area contributed by atoms with Gasteiger partial charge in [0.15, 0.2) is 0 Å². The van der Waals surface area contributed by atoms with E-state index in [1.807, 2.05) is 0 Å². The van der Waals surface area contributed by atoms with Crippen molar-refractivity contribution in [1.29, 1.82) is 0 Å². The zero-order valence-corrected chi connectivity index (χ0v) is 17.5. The van der Waals surface area contributed by atoms with Gasteiger partial charge in [0, 0.05) is 0 Å². The number of hydrogen-bond acceptors (Lipinski definition) is 1. The summed E-state index contributed by atoms with van der Waals surface area (Å²) in [6, 6.07) is 2.22. The van der Waals surface area contributed by atoms with E-state index in [0.29, 0.717) is 0 Å². The van der Waals surface area contributed by atoms with E-state index < -0.39 is 0 Å². The Morgan fingerprint density at radius 2 is 1.44 bits per heavy atom. The molecule has 0 bridgehead atoms. The van der Waals surface area contributed by atoms with Crippen LogP contribution in [0.4, 0.5) is 0 Å². The van der Waals surface area contributed by atoms with Crippen LogP contribution in [0, 0.1) is 0 Å². The van der Waals surface area contributed by atoms with Gasteiger partial charge in [-0.1, -0.05) is 47.1 Å². The highest BCUT2D eigenvalue weighted by molar-refractivity contribution is 7.07. The van der Waals surface area contributed by atoms with Crippen molar-refractivity contribution >= 4 is 11.3 Å². The second-order valence-electron chi connectivity index (χ2n) is 7.18. The van der Waals surface area contributed by atoms with E-state index in [4.69, 9.17) is 0 Å². The Balaban J connectivity index is 2.09. The first-order valence-corrected chi connectivity index (χ1v) is 10.6. The molecule has 0 aliphatic carbocycles. The van der Waals surface area contributed by atoms with Crippen molar-refractivity contribution in [2.45, 2.75) is 79.1 Å². The van der Waals surface area contributed by atoms with Crippen molar-refractivity contribution in [3.8, 4) is 0 Å². The zero-order chi connectivity index (χ0) is 18.3. The van der Waals surface area contributed by atoms with Gasteiger partial charge in [-0.05, 0) is 101 Å². The first kappa shape index (κ1) is 21.7. The van der Waals surface area contributed by atoms with Gasteiger partial charge < -0.3 is 0 Å². The number of unbranched alkanes of at least 4 members (excludes halogenated alkanes) is 1. The van der Waals surface area contributed by atoms with Crippen LogP contribution in [0.3, 0.4) is 0 Å². The average Bonchev–Trinajstić information content (AvgIpc) is 3.07. The molecular weight excluding hydrogens is 320 g/mol. The normalized spacial score (nSPS) is 12.8. The Kier molecular flexibility index (Phi) is 12.1. The van der Waals surface area contributed by atoms with Crippen LogP contribution in [0.2, 0.25) is 0 Å². The Hall–Kier alpha value is -1.34. The Bertz CT molecular complexity index is 563. The maximum atomic E-state index is 2.42. The fraction of sp³-hybridized carbons (Fsp3) is 0.500. The molecule has 1 rings (SSSR count). The number of aryl methyl sites for hydroxylation is 1. The number of rotatable bonds is 12. The molecule has 0 aromatic carbocycles. The topological polar surface area (TPSA) is 0 Å². The van der Waals surface area contributed by atoms with Gasteiger partial charge >= 0.3 is 0 Å². The fourth-order valence-electron chi connectivity index (χ4n) is 2.69. The van der Waals surface area contributed by atoms with Crippen LogP contribution >= 0.6 is 11.3 Å². The molecule has 0 amide bonds. The van der Waals surface area contributed by atoms with Gasteiger partial charge in [-0.15, -0.1) is 0 Å². The fourth-order valence-corrected chi connectivity index (χ4v) is 3.39. The third kappa shape index (κ3) is 12.6. The smallest absolute Gasteiger partial charge is 0.00611 e. The van der Waals surface area contributed by atoms with E-state index in [-0.39, 0.29) is 0 Å². The summed E-state index contributed by atoms with van der Waals surface area (Å²) in [4.78, 5) is 0. The molecule has 0 N–H and O–H groups in total. The summed E-state index contributed by atoms with van der Waals surface area (Å²) < 4.78 is 0. The minimum Gasteiger partial charge on any atom is -0.152 e. The van der Waals surface area contributed by atoms with Crippen LogP contribution in [0.15, 0.2) is 63.9 Å². The molecule has 0 aliphatic heterocycles. The molecule has 25 heavy (non-hydrogen) atoms. The van der Waals surface area contributed by atoms with Gasteiger partial charge in [0.25, 0.3) is 0 Å². The average molecular weight is 357 g/mol. The Morgan fingerprint density at radius 3 is 2.08 bits per heavy atom. The van der Waals surface area contributed by atoms with Crippen LogP contribution in [-0.4, -0.2) is 0 Å². The quantitative estimate of drug-likeness (QED) is 0.260. The molecule has 1 heterocycles. The van der Waals surface area contributed by atoms with Gasteiger partial charge in [-0.25, -0.2) is 0 Å². The highest BCUT2D eigenvalue weighted by Crippen LogP contribution is 2.12. The van der Waals surface area contributed by atoms with E-state index in [9.17, 15) is 0 Å². The highest BCUT2D eigenvalue weighted by atomic mass is 32.1. The van der Waals surface area contributed by atoms with Crippen LogP contribution in [0.1, 0.15) is 78.2 Å². The first-order valence-electron chi connectivity index (χ1n) is 9.68. The molecule has 0 nitrogen and oxygen atoms in total. The zero-order valence-electron chi connectivity index (χ0n) is 16.7. The molecule has 1 aromatic rings. The van der Waals surface area contributed by atoms with Gasteiger partial charge in [0.05, 0.1) is 0 Å². The third-order valence-electron chi connectivity index (χ3n) is 4.30. The molecule has 0 saturated carbocycles. The van der Waals surface area contributed by atoms with Crippen LogP contribution in [-0.2, 0) is 6.42 Å². The molecule has 0 atom stereocenters. The predicted molar refractivity (Wildman–Crippen MR) is 116 cm³/mol. The van der Waals surface area contributed by atoms with Crippen molar-refractivity contribution in [3.05, 3.63) is 69.5 Å². The van der Waals surface area contributed by atoms with Crippen molar-refractivity contribution in [3.63, 3.8) is 0 Å². The lowest BCUT2D eigenvalue weighted by molar-refractivity contribution is 0.906. The molecule has 0 spiro atoms. The van der Waals surface area contributed by atoms with Crippen molar-refractivity contribution in [2.75, 3.05) is 0 Å². The van der Waals surface area contributed by atoms with Gasteiger partial charge in [-0.3, -0.25) is 0 Å². The summed E-state index contributed by atoms with van der Waals surface area (Å²) in [6.07, 6.45) is 21.3. The maximum absolute atomic E-state index is 2.42. The highest BCUT2D eigenvalue weighted by Gasteiger charge is 1.92. The number of allylic oxidation sites excluding steroid dienone is 8. The summed E-state index contributed by atoms with van der Waals surface area (Å²) >= 11 is 1.79. The van der Waals surface area contributed by atoms with Crippen molar-refractivity contribution < 1.29 is 0 Å². The SMILES string of the molecule is CC(C)=CCC/C(C)=C/CC/C(C)=C/CC/C=C/CCc1ccsc1. The summed E-state index contributed by atoms with van der Waals surface area (Å²) in [6.45, 7) is 8.88. The largest absolute Gasteiger partial charge is 0.152 e. The summed E-state index contributed by atoms with van der Waals surface area (Å²) in [7, 11) is 0. The van der Waals surface area contributed by atoms with Crippen LogP contribution < -0.4 is 0 Å². The standard InChI is InChI=1S/C24H36S/c1-21(2)12-10-14-23(4)16-11-15-22(3)13-8-6-5-7-9-17-24-18-19-25-20-24/h5,7,12-13,16,18-20H,6,8-11,14-15,17H2,1-4H3/b7-5+,22-13+,23-16+. The number of hydrogen-bond donors (Lipinski definition) is 0. The molecule has 1 heteroatoms. The van der Waals surface area contributed by atoms with Crippen LogP contribution in [0.25, 0.3) is 0 Å². The monoisotopic (exact) mass is 356 g/mol. The van der Waals surface area contributed by atoms with E-state index in [1.54, 1.807) is 11.3 Å². The minimum absolute atomic E-state index is 1.16. The predicted octanol–water partition coefficient (Wildman–Crippen LogP) is 8.44. The Labute approximate surface area is 160 Å². The molecular formula is C24H36S. The third-order valence-corrected chi connectivity index (χ3v) is 5.03. The van der Waals surface area contributed by atoms with E-state index >= 15 is 0 Å². The molecule has 0 fully saturated rings. The summed E-state index contributed by atoms with van der Waals surface area (Å²) in [5.41, 5.74) is 5.94. The lowest BCUT2D eigenvalue weighted by atomic mass is 10.1. The first-order chi connectivity index (χ1) is 12.1. The molecule has 0 unspecified atom stereocenters. The molecule has 0 saturated heterocycles. The summed E-state index contributed by atoms with van der Waals surface area (Å²) in [5.74, 6) is 0. The molecule has 138 valence electrons.